The molecule has 338 valence electrons. The van der Waals surface area contributed by atoms with Gasteiger partial charge in [0.2, 0.25) is 17.1 Å². The molecule has 0 saturated heterocycles. The molecule has 8 bridgehead atoms. The second-order valence-corrected chi connectivity index (χ2v) is 18.1. The second-order valence-electron chi connectivity index (χ2n) is 18.1. The lowest BCUT2D eigenvalue weighted by molar-refractivity contribution is -0.572. The quantitative estimate of drug-likeness (QED) is 0.149. The summed E-state index contributed by atoms with van der Waals surface area (Å²) in [4.78, 5) is 18.8. The maximum absolute atomic E-state index is 5.57. The van der Waals surface area contributed by atoms with Crippen LogP contribution in [-0.4, -0.2) is 19.9 Å². The smallest absolute Gasteiger partial charge is 0.219 e. The molecule has 0 radical (unpaired) electrons. The van der Waals surface area contributed by atoms with Crippen molar-refractivity contribution in [3.63, 3.8) is 0 Å². The van der Waals surface area contributed by atoms with Crippen molar-refractivity contribution in [1.29, 1.82) is 0 Å². The Balaban J connectivity index is 1.08. The van der Waals surface area contributed by atoms with Crippen molar-refractivity contribution in [2.75, 3.05) is 0 Å². The number of H-pyrrole nitrogens is 2. The third kappa shape index (κ3) is 7.85. The first-order chi connectivity index (χ1) is 35.7. The van der Waals surface area contributed by atoms with Crippen molar-refractivity contribution in [1.82, 2.24) is 19.9 Å². The van der Waals surface area contributed by atoms with Crippen molar-refractivity contribution < 1.29 is 4.57 Å². The van der Waals surface area contributed by atoms with Crippen LogP contribution in [0.15, 0.2) is 243 Å². The van der Waals surface area contributed by atoms with Gasteiger partial charge in [-0.1, -0.05) is 158 Å². The van der Waals surface area contributed by atoms with Crippen molar-refractivity contribution in [2.24, 2.45) is 0 Å². The summed E-state index contributed by atoms with van der Waals surface area (Å²) in [6.45, 7) is 0. The summed E-state index contributed by atoms with van der Waals surface area (Å²) in [5, 5.41) is 0. The SMILES string of the molecule is C1=Cc2nc1c(-c1ccccc1)c1ccc([nH]1)c(-c1ccccc1)c1nc(c(-c3ccc(-[n+]4c(-c5ccccc5)cc(-c5ccccc5)cc4-c4ccccc4)cc3)c3ccc([nH]3)c2-c2ccccc2)C=C1. The summed E-state index contributed by atoms with van der Waals surface area (Å²) >= 11 is 0. The van der Waals surface area contributed by atoms with Gasteiger partial charge in [0.05, 0.1) is 22.8 Å². The number of aromatic nitrogens is 5. The molecule has 4 aromatic heterocycles. The predicted octanol–water partition coefficient (Wildman–Crippen LogP) is 16.6. The van der Waals surface area contributed by atoms with Crippen LogP contribution in [0.4, 0.5) is 0 Å². The summed E-state index contributed by atoms with van der Waals surface area (Å²) in [5.74, 6) is 0. The van der Waals surface area contributed by atoms with Gasteiger partial charge in [-0.2, -0.15) is 4.57 Å². The molecule has 0 unspecified atom stereocenters. The number of aromatic amines is 2. The first-order valence-electron chi connectivity index (χ1n) is 24.4. The molecule has 13 rings (SSSR count). The zero-order valence-corrected chi connectivity index (χ0v) is 39.2. The van der Waals surface area contributed by atoms with Gasteiger partial charge in [-0.3, -0.25) is 0 Å². The number of benzene rings is 7. The lowest BCUT2D eigenvalue weighted by atomic mass is 9.98. The largest absolute Gasteiger partial charge is 0.354 e. The number of nitrogens with zero attached hydrogens (tertiary/aromatic N) is 3. The zero-order chi connectivity index (χ0) is 47.8. The van der Waals surface area contributed by atoms with E-state index < -0.39 is 0 Å². The van der Waals surface area contributed by atoms with Gasteiger partial charge < -0.3 is 9.97 Å². The molecule has 11 aromatic rings. The fourth-order valence-corrected chi connectivity index (χ4v) is 10.3. The summed E-state index contributed by atoms with van der Waals surface area (Å²) in [6.07, 6.45) is 8.62. The average Bonchev–Trinajstić information content (AvgIpc) is 4.32. The van der Waals surface area contributed by atoms with E-state index in [-0.39, 0.29) is 0 Å². The van der Waals surface area contributed by atoms with Crippen LogP contribution in [0.25, 0.3) is 130 Å². The molecular weight excluding hydrogens is 875 g/mol. The Morgan fingerprint density at radius 2 is 0.528 bits per heavy atom. The highest BCUT2D eigenvalue weighted by Gasteiger charge is 2.26. The van der Waals surface area contributed by atoms with E-state index in [9.17, 15) is 0 Å². The Hall–Kier alpha value is -9.71. The van der Waals surface area contributed by atoms with E-state index in [1.54, 1.807) is 0 Å². The van der Waals surface area contributed by atoms with E-state index in [2.05, 4.69) is 281 Å². The van der Waals surface area contributed by atoms with Crippen LogP contribution in [0.1, 0.15) is 22.8 Å². The standard InChI is InChI=1S/C67H46N5/c1-7-19-45(20-8-1)52-43-62(46-21-9-2-10-22-46)72(63(44-52)47-23-11-3-12-24-47)53-33-31-51(32-34-53)67-60-41-39-58(70-60)65(49-27-15-5-16-28-49)56-37-35-54(68-56)64(48-25-13-4-14-26-48)55-36-38-57(69-55)66(50-29-17-6-18-30-50)59-40-42-61(67)71-59/h1-44,68,71H/q+1. The van der Waals surface area contributed by atoms with E-state index >= 15 is 0 Å². The van der Waals surface area contributed by atoms with E-state index in [0.29, 0.717) is 0 Å². The average molecular weight is 921 g/mol. The summed E-state index contributed by atoms with van der Waals surface area (Å²) < 4.78 is 2.39. The van der Waals surface area contributed by atoms with Crippen LogP contribution in [0.5, 0.6) is 0 Å². The molecule has 0 fully saturated rings. The van der Waals surface area contributed by atoms with E-state index in [1.807, 2.05) is 0 Å². The third-order valence-electron chi connectivity index (χ3n) is 13.7. The van der Waals surface area contributed by atoms with Gasteiger partial charge in [0.25, 0.3) is 0 Å². The number of pyridine rings is 1. The van der Waals surface area contributed by atoms with Crippen LogP contribution in [0.3, 0.4) is 0 Å². The van der Waals surface area contributed by atoms with Crippen LogP contribution < -0.4 is 4.57 Å². The molecule has 0 atom stereocenters. The number of rotatable bonds is 8. The van der Waals surface area contributed by atoms with Crippen molar-refractivity contribution in [3.05, 3.63) is 265 Å². The van der Waals surface area contributed by atoms with E-state index in [4.69, 9.17) is 9.97 Å². The van der Waals surface area contributed by atoms with Gasteiger partial charge in [-0.05, 0) is 118 Å². The summed E-state index contributed by atoms with van der Waals surface area (Å²) in [7, 11) is 0. The Kier molecular flexibility index (Phi) is 10.8. The minimum atomic E-state index is 0.861. The van der Waals surface area contributed by atoms with Gasteiger partial charge in [0.1, 0.15) is 0 Å². The molecule has 5 nitrogen and oxygen atoms in total. The number of fused-ring (bicyclic) bond motifs is 8. The number of nitrogens with one attached hydrogen (secondary N) is 2. The zero-order valence-electron chi connectivity index (χ0n) is 39.2. The molecule has 72 heavy (non-hydrogen) atoms. The topological polar surface area (TPSA) is 61.2 Å². The van der Waals surface area contributed by atoms with Crippen molar-refractivity contribution >= 4 is 46.4 Å². The first-order valence-corrected chi connectivity index (χ1v) is 24.4. The lowest BCUT2D eigenvalue weighted by Gasteiger charge is -2.13. The molecule has 0 spiro atoms. The summed E-state index contributed by atoms with van der Waals surface area (Å²) in [5.41, 5.74) is 23.5. The molecule has 0 saturated carbocycles. The Bertz CT molecular complexity index is 3930. The van der Waals surface area contributed by atoms with Gasteiger partial charge in [-0.25, -0.2) is 9.97 Å². The van der Waals surface area contributed by atoms with Crippen LogP contribution in [-0.2, 0) is 0 Å². The maximum atomic E-state index is 5.57. The molecule has 2 N–H and O–H groups in total. The molecule has 0 aliphatic carbocycles. The Morgan fingerprint density at radius 1 is 0.250 bits per heavy atom. The predicted molar refractivity (Wildman–Crippen MR) is 298 cm³/mol. The highest BCUT2D eigenvalue weighted by molar-refractivity contribution is 6.00. The number of hydrogen-bond acceptors (Lipinski definition) is 2. The van der Waals surface area contributed by atoms with Crippen LogP contribution in [0, 0.1) is 0 Å². The fraction of sp³-hybridized carbons (Fsp3) is 0. The fourth-order valence-electron chi connectivity index (χ4n) is 10.3. The lowest BCUT2D eigenvalue weighted by Crippen LogP contribution is -2.36. The van der Waals surface area contributed by atoms with Gasteiger partial charge in [0, 0.05) is 79.7 Å². The Morgan fingerprint density at radius 3 is 0.847 bits per heavy atom. The second kappa shape index (κ2) is 18.3. The highest BCUT2D eigenvalue weighted by Crippen LogP contribution is 2.39. The number of hydrogen-bond donors (Lipinski definition) is 2. The normalized spacial score (nSPS) is 11.8. The van der Waals surface area contributed by atoms with E-state index in [0.717, 1.165) is 123 Å². The summed E-state index contributed by atoms with van der Waals surface area (Å²) in [6, 6.07) is 86.0. The maximum Gasteiger partial charge on any atom is 0.219 e. The molecule has 2 aliphatic rings. The first kappa shape index (κ1) is 42.4. The highest BCUT2D eigenvalue weighted by atomic mass is 15.0. The third-order valence-corrected chi connectivity index (χ3v) is 13.7. The molecule has 6 heterocycles. The van der Waals surface area contributed by atoms with Crippen molar-refractivity contribution in [3.8, 4) is 83.8 Å². The van der Waals surface area contributed by atoms with Gasteiger partial charge in [-0.15, -0.1) is 0 Å². The Labute approximate surface area is 418 Å². The van der Waals surface area contributed by atoms with Crippen molar-refractivity contribution in [2.45, 2.75) is 0 Å². The van der Waals surface area contributed by atoms with Crippen LogP contribution >= 0.6 is 0 Å². The van der Waals surface area contributed by atoms with Crippen LogP contribution in [0.2, 0.25) is 0 Å². The molecule has 5 heteroatoms. The van der Waals surface area contributed by atoms with Gasteiger partial charge in [0.15, 0.2) is 0 Å². The molecule has 0 amide bonds. The monoisotopic (exact) mass is 920 g/mol. The molecule has 2 aliphatic heterocycles. The van der Waals surface area contributed by atoms with E-state index in [1.165, 1.54) is 5.56 Å². The minimum Gasteiger partial charge on any atom is -0.354 e. The minimum absolute atomic E-state index is 0.861. The molecule has 7 aromatic carbocycles. The molecular formula is C67H46N5+. The van der Waals surface area contributed by atoms with Gasteiger partial charge >= 0.3 is 0 Å².